The van der Waals surface area contributed by atoms with Crippen LogP contribution in [0.5, 0.6) is 0 Å². The largest absolute Gasteiger partial charge is 0.383 e. The zero-order valence-electron chi connectivity index (χ0n) is 10.5. The van der Waals surface area contributed by atoms with Gasteiger partial charge in [0.1, 0.15) is 0 Å². The van der Waals surface area contributed by atoms with Gasteiger partial charge in [-0.3, -0.25) is 0 Å². The van der Waals surface area contributed by atoms with Crippen molar-refractivity contribution in [1.82, 2.24) is 4.90 Å². The van der Waals surface area contributed by atoms with Crippen LogP contribution in [0.4, 0.5) is 0 Å². The molecule has 1 saturated heterocycles. The predicted molar refractivity (Wildman–Crippen MR) is 70.3 cm³/mol. The van der Waals surface area contributed by atoms with E-state index in [9.17, 15) is 0 Å². The van der Waals surface area contributed by atoms with Crippen LogP contribution in [0.15, 0.2) is 0 Å². The van der Waals surface area contributed by atoms with E-state index >= 15 is 0 Å². The molecule has 96 valence electrons. The molecule has 0 spiro atoms. The Labute approximate surface area is 108 Å². The molecule has 0 N–H and O–H groups in total. The van der Waals surface area contributed by atoms with Gasteiger partial charge in [0.05, 0.1) is 17.5 Å². The first-order chi connectivity index (χ1) is 7.72. The second kappa shape index (κ2) is 8.45. The van der Waals surface area contributed by atoms with Crippen molar-refractivity contribution in [3.63, 3.8) is 0 Å². The molecule has 0 radical (unpaired) electrons. The first-order valence-electron chi connectivity index (χ1n) is 6.15. The third kappa shape index (κ3) is 6.18. The molecule has 0 aromatic carbocycles. The van der Waals surface area contributed by atoms with Crippen molar-refractivity contribution >= 4 is 15.9 Å². The highest BCUT2D eigenvalue weighted by Gasteiger charge is 2.15. The predicted octanol–water partition coefficient (Wildman–Crippen LogP) is 2.29. The number of nitrogens with zero attached hydrogens (tertiary/aromatic N) is 1. The van der Waals surface area contributed by atoms with Crippen molar-refractivity contribution in [2.75, 3.05) is 40.5 Å². The Bertz CT molecular complexity index is 174. The molecular weight excluding hydrogens is 270 g/mol. The van der Waals surface area contributed by atoms with Crippen LogP contribution in [-0.4, -0.2) is 56.3 Å². The van der Waals surface area contributed by atoms with Crippen molar-refractivity contribution in [3.05, 3.63) is 0 Å². The Hall–Kier alpha value is 0.360. The molecule has 0 bridgehead atoms. The van der Waals surface area contributed by atoms with Crippen LogP contribution < -0.4 is 0 Å². The first kappa shape index (κ1) is 14.4. The van der Waals surface area contributed by atoms with Gasteiger partial charge >= 0.3 is 0 Å². The summed E-state index contributed by atoms with van der Waals surface area (Å²) in [5, 5.41) is 0. The van der Waals surface area contributed by atoms with Crippen LogP contribution in [0, 0.1) is 0 Å². The molecule has 1 fully saturated rings. The van der Waals surface area contributed by atoms with Gasteiger partial charge in [-0.1, -0.05) is 15.9 Å². The lowest BCUT2D eigenvalue weighted by molar-refractivity contribution is 0.0993. The average molecular weight is 294 g/mol. The third-order valence-corrected chi connectivity index (χ3v) is 3.50. The number of methoxy groups -OCH3 is 1. The lowest BCUT2D eigenvalue weighted by atomic mass is 10.1. The van der Waals surface area contributed by atoms with Crippen molar-refractivity contribution in [3.8, 4) is 0 Å². The molecule has 16 heavy (non-hydrogen) atoms. The molecule has 0 amide bonds. The molecule has 1 rings (SSSR count). The summed E-state index contributed by atoms with van der Waals surface area (Å²) in [5.74, 6) is 0. The normalized spacial score (nSPS) is 22.9. The molecule has 4 heteroatoms. The second-order valence-corrected chi connectivity index (χ2v) is 5.89. The van der Waals surface area contributed by atoms with Crippen molar-refractivity contribution in [2.24, 2.45) is 0 Å². The maximum absolute atomic E-state index is 5.61. The SMILES string of the molecule is COCC(Br)CN(C)CCCC1CCCO1. The van der Waals surface area contributed by atoms with E-state index in [2.05, 4.69) is 27.9 Å². The highest BCUT2D eigenvalue weighted by molar-refractivity contribution is 9.09. The van der Waals surface area contributed by atoms with E-state index in [-0.39, 0.29) is 0 Å². The number of ether oxygens (including phenoxy) is 2. The summed E-state index contributed by atoms with van der Waals surface area (Å²) >= 11 is 3.61. The molecule has 0 saturated carbocycles. The molecule has 2 atom stereocenters. The van der Waals surface area contributed by atoms with Crippen LogP contribution in [0.25, 0.3) is 0 Å². The number of halogens is 1. The van der Waals surface area contributed by atoms with Gasteiger partial charge in [0.25, 0.3) is 0 Å². The first-order valence-corrected chi connectivity index (χ1v) is 7.07. The van der Waals surface area contributed by atoms with Crippen LogP contribution in [0.2, 0.25) is 0 Å². The number of alkyl halides is 1. The van der Waals surface area contributed by atoms with Crippen molar-refractivity contribution < 1.29 is 9.47 Å². The minimum Gasteiger partial charge on any atom is -0.383 e. The van der Waals surface area contributed by atoms with Crippen molar-refractivity contribution in [1.29, 1.82) is 0 Å². The number of hydrogen-bond acceptors (Lipinski definition) is 3. The van der Waals surface area contributed by atoms with E-state index in [0.29, 0.717) is 10.9 Å². The zero-order chi connectivity index (χ0) is 11.8. The zero-order valence-corrected chi connectivity index (χ0v) is 12.0. The maximum atomic E-state index is 5.61. The molecular formula is C12H24BrNO2. The summed E-state index contributed by atoms with van der Waals surface area (Å²) < 4.78 is 10.7. The van der Waals surface area contributed by atoms with Crippen LogP contribution in [0.3, 0.4) is 0 Å². The summed E-state index contributed by atoms with van der Waals surface area (Å²) in [6, 6.07) is 0. The van der Waals surface area contributed by atoms with E-state index in [1.165, 1.54) is 25.7 Å². The molecule has 0 aromatic rings. The molecule has 1 aliphatic rings. The topological polar surface area (TPSA) is 21.7 Å². The maximum Gasteiger partial charge on any atom is 0.0600 e. The van der Waals surface area contributed by atoms with Gasteiger partial charge in [-0.05, 0) is 39.3 Å². The molecule has 0 aliphatic carbocycles. The third-order valence-electron chi connectivity index (χ3n) is 2.95. The highest BCUT2D eigenvalue weighted by atomic mass is 79.9. The number of rotatable bonds is 8. The number of hydrogen-bond donors (Lipinski definition) is 0. The van der Waals surface area contributed by atoms with Crippen LogP contribution in [0.1, 0.15) is 25.7 Å². The van der Waals surface area contributed by atoms with Gasteiger partial charge in [-0.15, -0.1) is 0 Å². The Morgan fingerprint density at radius 1 is 1.56 bits per heavy atom. The summed E-state index contributed by atoms with van der Waals surface area (Å²) in [6.45, 7) is 3.93. The molecule has 1 aliphatic heterocycles. The fourth-order valence-corrected chi connectivity index (χ4v) is 2.88. The minimum absolute atomic E-state index is 0.435. The van der Waals surface area contributed by atoms with Gasteiger partial charge in [0.2, 0.25) is 0 Å². The average Bonchev–Trinajstić information content (AvgIpc) is 2.70. The lowest BCUT2D eigenvalue weighted by Crippen LogP contribution is -2.29. The molecule has 0 aromatic heterocycles. The van der Waals surface area contributed by atoms with Gasteiger partial charge in [-0.25, -0.2) is 0 Å². The smallest absolute Gasteiger partial charge is 0.0600 e. The Morgan fingerprint density at radius 3 is 3.00 bits per heavy atom. The molecule has 1 heterocycles. The Morgan fingerprint density at radius 2 is 2.38 bits per heavy atom. The molecule has 3 nitrogen and oxygen atoms in total. The van der Waals surface area contributed by atoms with E-state index in [0.717, 1.165) is 26.3 Å². The standard InChI is InChI=1S/C12H24BrNO2/c1-14(9-11(13)10-15-2)7-3-5-12-6-4-8-16-12/h11-12H,3-10H2,1-2H3. The van der Waals surface area contributed by atoms with Crippen LogP contribution in [-0.2, 0) is 9.47 Å². The summed E-state index contributed by atoms with van der Waals surface area (Å²) in [7, 11) is 3.91. The van der Waals surface area contributed by atoms with Gasteiger partial charge < -0.3 is 14.4 Å². The minimum atomic E-state index is 0.435. The van der Waals surface area contributed by atoms with Crippen molar-refractivity contribution in [2.45, 2.75) is 36.6 Å². The van der Waals surface area contributed by atoms with Gasteiger partial charge in [-0.2, -0.15) is 0 Å². The van der Waals surface area contributed by atoms with Crippen LogP contribution >= 0.6 is 15.9 Å². The quantitative estimate of drug-likeness (QED) is 0.641. The van der Waals surface area contributed by atoms with Gasteiger partial charge in [0.15, 0.2) is 0 Å². The Kier molecular flexibility index (Phi) is 7.62. The second-order valence-electron chi connectivity index (χ2n) is 4.59. The fraction of sp³-hybridized carbons (Fsp3) is 1.00. The summed E-state index contributed by atoms with van der Waals surface area (Å²) in [4.78, 5) is 2.79. The van der Waals surface area contributed by atoms with E-state index < -0.39 is 0 Å². The van der Waals surface area contributed by atoms with E-state index in [4.69, 9.17) is 9.47 Å². The van der Waals surface area contributed by atoms with E-state index in [1.54, 1.807) is 7.11 Å². The van der Waals surface area contributed by atoms with E-state index in [1.807, 2.05) is 0 Å². The highest BCUT2D eigenvalue weighted by Crippen LogP contribution is 2.16. The van der Waals surface area contributed by atoms with Gasteiger partial charge in [0, 0.05) is 20.3 Å². The monoisotopic (exact) mass is 293 g/mol. The summed E-state index contributed by atoms with van der Waals surface area (Å²) in [5.41, 5.74) is 0. The lowest BCUT2D eigenvalue weighted by Gasteiger charge is -2.20. The molecule has 2 unspecified atom stereocenters. The Balaban J connectivity index is 1.98. The fourth-order valence-electron chi connectivity index (χ4n) is 2.12. The summed E-state index contributed by atoms with van der Waals surface area (Å²) in [6.07, 6.45) is 5.48.